The molecule has 0 aliphatic heterocycles. The SMILES string of the molecule is CC(C)c1cn2nccc2nc1C(C)(C)c1ccc2cc(C(C)C)n(C(C)C)c(=O)c2c1. The lowest BCUT2D eigenvalue weighted by Gasteiger charge is -2.29. The van der Waals surface area contributed by atoms with Crippen LogP contribution in [0.3, 0.4) is 0 Å². The molecule has 32 heavy (non-hydrogen) atoms. The summed E-state index contributed by atoms with van der Waals surface area (Å²) in [6, 6.07) is 10.5. The van der Waals surface area contributed by atoms with E-state index in [9.17, 15) is 4.79 Å². The summed E-state index contributed by atoms with van der Waals surface area (Å²) in [5.41, 5.74) is 4.92. The summed E-state index contributed by atoms with van der Waals surface area (Å²) in [4.78, 5) is 18.6. The molecule has 4 aromatic rings. The first-order valence-corrected chi connectivity index (χ1v) is 11.6. The second kappa shape index (κ2) is 7.88. The predicted octanol–water partition coefficient (Wildman–Crippen LogP) is 6.20. The van der Waals surface area contributed by atoms with Gasteiger partial charge in [-0.15, -0.1) is 0 Å². The van der Waals surface area contributed by atoms with Crippen molar-refractivity contribution in [1.82, 2.24) is 19.2 Å². The molecule has 4 rings (SSSR count). The minimum Gasteiger partial charge on any atom is -0.309 e. The summed E-state index contributed by atoms with van der Waals surface area (Å²) in [6.07, 6.45) is 3.87. The smallest absolute Gasteiger partial charge is 0.258 e. The minimum atomic E-state index is -0.369. The maximum atomic E-state index is 13.6. The molecular weight excluding hydrogens is 396 g/mol. The first-order chi connectivity index (χ1) is 15.0. The lowest BCUT2D eigenvalue weighted by atomic mass is 9.77. The van der Waals surface area contributed by atoms with Gasteiger partial charge in [0, 0.05) is 34.8 Å². The maximum absolute atomic E-state index is 13.6. The number of rotatable bonds is 5. The summed E-state index contributed by atoms with van der Waals surface area (Å²) in [6.45, 7) is 17.2. The normalized spacial score (nSPS) is 12.7. The van der Waals surface area contributed by atoms with Crippen molar-refractivity contribution in [2.24, 2.45) is 0 Å². The van der Waals surface area contributed by atoms with Crippen LogP contribution < -0.4 is 5.56 Å². The summed E-state index contributed by atoms with van der Waals surface area (Å²) in [5, 5.41) is 6.14. The third kappa shape index (κ3) is 3.54. The van der Waals surface area contributed by atoms with Gasteiger partial charge in [-0.25, -0.2) is 9.50 Å². The molecule has 0 spiro atoms. The van der Waals surface area contributed by atoms with Gasteiger partial charge < -0.3 is 4.57 Å². The molecule has 0 atom stereocenters. The van der Waals surface area contributed by atoms with E-state index in [1.165, 1.54) is 5.56 Å². The van der Waals surface area contributed by atoms with E-state index in [1.807, 2.05) is 15.1 Å². The van der Waals surface area contributed by atoms with Crippen molar-refractivity contribution < 1.29 is 0 Å². The molecule has 0 saturated carbocycles. The number of hydrogen-bond acceptors (Lipinski definition) is 3. The molecule has 5 heteroatoms. The molecule has 0 fully saturated rings. The highest BCUT2D eigenvalue weighted by atomic mass is 16.1. The fourth-order valence-corrected chi connectivity index (χ4v) is 4.64. The van der Waals surface area contributed by atoms with E-state index < -0.39 is 0 Å². The van der Waals surface area contributed by atoms with Crippen LogP contribution in [-0.2, 0) is 5.41 Å². The van der Waals surface area contributed by atoms with E-state index in [0.29, 0.717) is 5.92 Å². The zero-order valence-corrected chi connectivity index (χ0v) is 20.5. The van der Waals surface area contributed by atoms with Gasteiger partial charge in [0.05, 0.1) is 11.9 Å². The zero-order valence-electron chi connectivity index (χ0n) is 20.5. The predicted molar refractivity (Wildman–Crippen MR) is 132 cm³/mol. The molecule has 0 radical (unpaired) electrons. The van der Waals surface area contributed by atoms with Crippen LogP contribution in [0.5, 0.6) is 0 Å². The second-order valence-corrected chi connectivity index (χ2v) is 10.3. The van der Waals surface area contributed by atoms with Crippen LogP contribution >= 0.6 is 0 Å². The van der Waals surface area contributed by atoms with Crippen molar-refractivity contribution in [2.75, 3.05) is 0 Å². The molecule has 0 N–H and O–H groups in total. The van der Waals surface area contributed by atoms with Crippen LogP contribution in [0, 0.1) is 0 Å². The van der Waals surface area contributed by atoms with Crippen LogP contribution in [0.4, 0.5) is 0 Å². The van der Waals surface area contributed by atoms with Gasteiger partial charge in [-0.2, -0.15) is 5.10 Å². The molecular formula is C27H34N4O. The molecule has 0 unspecified atom stereocenters. The number of pyridine rings is 1. The van der Waals surface area contributed by atoms with Gasteiger partial charge in [0.1, 0.15) is 0 Å². The molecule has 0 amide bonds. The average molecular weight is 431 g/mol. The maximum Gasteiger partial charge on any atom is 0.258 e. The fourth-order valence-electron chi connectivity index (χ4n) is 4.64. The highest BCUT2D eigenvalue weighted by molar-refractivity contribution is 5.83. The fraction of sp³-hybridized carbons (Fsp3) is 0.444. The van der Waals surface area contributed by atoms with Crippen LogP contribution in [0.1, 0.15) is 95.8 Å². The number of fused-ring (bicyclic) bond motifs is 2. The number of aromatic nitrogens is 4. The Morgan fingerprint density at radius 1 is 0.938 bits per heavy atom. The second-order valence-electron chi connectivity index (χ2n) is 10.3. The Labute approximate surface area is 190 Å². The first-order valence-electron chi connectivity index (χ1n) is 11.6. The van der Waals surface area contributed by atoms with Crippen molar-refractivity contribution in [1.29, 1.82) is 0 Å². The van der Waals surface area contributed by atoms with Crippen LogP contribution in [-0.4, -0.2) is 19.2 Å². The van der Waals surface area contributed by atoms with Gasteiger partial charge in [-0.3, -0.25) is 4.79 Å². The van der Waals surface area contributed by atoms with Crippen molar-refractivity contribution in [3.8, 4) is 0 Å². The Morgan fingerprint density at radius 2 is 1.66 bits per heavy atom. The third-order valence-electron chi connectivity index (χ3n) is 6.54. The van der Waals surface area contributed by atoms with Crippen LogP contribution in [0.15, 0.2) is 47.5 Å². The van der Waals surface area contributed by atoms with Gasteiger partial charge in [0.15, 0.2) is 5.65 Å². The van der Waals surface area contributed by atoms with E-state index in [-0.39, 0.29) is 22.9 Å². The highest BCUT2D eigenvalue weighted by Crippen LogP contribution is 2.36. The lowest BCUT2D eigenvalue weighted by Crippen LogP contribution is -2.27. The standard InChI is InChI=1S/C27H34N4O/c1-16(2)22-15-30-24(11-12-28-30)29-25(22)27(7,8)20-10-9-19-13-23(17(3)4)31(18(5)6)26(32)21(19)14-20/h9-18H,1-8H3. The van der Waals surface area contributed by atoms with Crippen molar-refractivity contribution in [3.63, 3.8) is 0 Å². The van der Waals surface area contributed by atoms with E-state index in [4.69, 9.17) is 4.98 Å². The monoisotopic (exact) mass is 430 g/mol. The number of nitrogens with zero attached hydrogens (tertiary/aromatic N) is 4. The lowest BCUT2D eigenvalue weighted by molar-refractivity contribution is 0.539. The molecule has 1 aromatic carbocycles. The van der Waals surface area contributed by atoms with Crippen molar-refractivity contribution in [3.05, 3.63) is 75.6 Å². The third-order valence-corrected chi connectivity index (χ3v) is 6.54. The van der Waals surface area contributed by atoms with Crippen molar-refractivity contribution >= 4 is 16.4 Å². The average Bonchev–Trinajstić information content (AvgIpc) is 3.19. The quantitative estimate of drug-likeness (QED) is 0.379. The minimum absolute atomic E-state index is 0.0853. The van der Waals surface area contributed by atoms with E-state index in [2.05, 4.69) is 91.0 Å². The number of benzene rings is 1. The summed E-state index contributed by atoms with van der Waals surface area (Å²) >= 11 is 0. The Morgan fingerprint density at radius 3 is 2.28 bits per heavy atom. The van der Waals surface area contributed by atoms with Gasteiger partial charge in [-0.05, 0) is 54.3 Å². The van der Waals surface area contributed by atoms with Gasteiger partial charge >= 0.3 is 0 Å². The van der Waals surface area contributed by atoms with Crippen LogP contribution in [0.2, 0.25) is 0 Å². The molecule has 168 valence electrons. The molecule has 3 heterocycles. The summed E-state index contributed by atoms with van der Waals surface area (Å²) in [5.74, 6) is 0.586. The Bertz CT molecular complexity index is 1360. The topological polar surface area (TPSA) is 52.2 Å². The van der Waals surface area contributed by atoms with E-state index in [0.717, 1.165) is 33.4 Å². The van der Waals surface area contributed by atoms with Gasteiger partial charge in [0.25, 0.3) is 5.56 Å². The molecule has 0 bridgehead atoms. The molecule has 0 aliphatic rings. The largest absolute Gasteiger partial charge is 0.309 e. The number of hydrogen-bond donors (Lipinski definition) is 0. The van der Waals surface area contributed by atoms with Gasteiger partial charge in [0.2, 0.25) is 0 Å². The Kier molecular flexibility index (Phi) is 5.48. The first kappa shape index (κ1) is 22.3. The highest BCUT2D eigenvalue weighted by Gasteiger charge is 2.30. The summed E-state index contributed by atoms with van der Waals surface area (Å²) < 4.78 is 3.78. The van der Waals surface area contributed by atoms with E-state index >= 15 is 0 Å². The van der Waals surface area contributed by atoms with Crippen molar-refractivity contribution in [2.45, 2.75) is 78.7 Å². The molecule has 5 nitrogen and oxygen atoms in total. The van der Waals surface area contributed by atoms with Gasteiger partial charge in [-0.1, -0.05) is 53.7 Å². The zero-order chi connectivity index (χ0) is 23.4. The van der Waals surface area contributed by atoms with Crippen LogP contribution in [0.25, 0.3) is 16.4 Å². The summed E-state index contributed by atoms with van der Waals surface area (Å²) in [7, 11) is 0. The molecule has 3 aromatic heterocycles. The Hall–Kier alpha value is -2.95. The Balaban J connectivity index is 1.96. The molecule has 0 saturated heterocycles. The molecule has 0 aliphatic carbocycles. The van der Waals surface area contributed by atoms with E-state index in [1.54, 1.807) is 6.20 Å².